The van der Waals surface area contributed by atoms with Gasteiger partial charge in [0.25, 0.3) is 0 Å². The number of furan rings is 1. The highest BCUT2D eigenvalue weighted by Gasteiger charge is 2.31. The van der Waals surface area contributed by atoms with E-state index in [2.05, 4.69) is 6.92 Å². The van der Waals surface area contributed by atoms with Crippen LogP contribution in [0.2, 0.25) is 0 Å². The van der Waals surface area contributed by atoms with Crippen LogP contribution in [0.4, 0.5) is 0 Å². The first kappa shape index (κ1) is 12.2. The summed E-state index contributed by atoms with van der Waals surface area (Å²) >= 11 is 0. The van der Waals surface area contributed by atoms with E-state index < -0.39 is 0 Å². The fourth-order valence-corrected chi connectivity index (χ4v) is 2.32. The van der Waals surface area contributed by atoms with E-state index in [1.807, 2.05) is 17.0 Å². The summed E-state index contributed by atoms with van der Waals surface area (Å²) in [6, 6.07) is 4.04. The molecule has 4 heteroatoms. The first-order chi connectivity index (χ1) is 8.20. The lowest BCUT2D eigenvalue weighted by molar-refractivity contribution is -0.129. The molecule has 0 bridgehead atoms. The van der Waals surface area contributed by atoms with Gasteiger partial charge in [0.05, 0.1) is 6.26 Å². The van der Waals surface area contributed by atoms with Gasteiger partial charge in [0.1, 0.15) is 5.76 Å². The van der Waals surface area contributed by atoms with Gasteiger partial charge in [0, 0.05) is 38.0 Å². The summed E-state index contributed by atoms with van der Waals surface area (Å²) in [6.07, 6.45) is 3.91. The second-order valence-electron chi connectivity index (χ2n) is 4.77. The number of nitrogens with zero attached hydrogens (tertiary/aromatic N) is 1. The molecular weight excluding hydrogens is 218 g/mol. The van der Waals surface area contributed by atoms with Crippen LogP contribution in [0, 0.1) is 5.92 Å². The standard InChI is InChI=1S/C13H19NO3/c1-10(4-5-12-3-2-6-17-12)14-8-11(9-15)7-13(14)16/h2-3,6,10-11,15H,4-5,7-9H2,1H3. The Morgan fingerprint density at radius 3 is 3.06 bits per heavy atom. The molecule has 0 aromatic carbocycles. The van der Waals surface area contributed by atoms with Crippen molar-refractivity contribution in [2.45, 2.75) is 32.2 Å². The highest BCUT2D eigenvalue weighted by atomic mass is 16.3. The molecule has 2 unspecified atom stereocenters. The molecule has 17 heavy (non-hydrogen) atoms. The third-order valence-corrected chi connectivity index (χ3v) is 3.42. The minimum Gasteiger partial charge on any atom is -0.469 e. The van der Waals surface area contributed by atoms with Crippen LogP contribution in [0.15, 0.2) is 22.8 Å². The van der Waals surface area contributed by atoms with Crippen molar-refractivity contribution in [1.82, 2.24) is 4.90 Å². The molecule has 0 saturated carbocycles. The third-order valence-electron chi connectivity index (χ3n) is 3.42. The first-order valence-electron chi connectivity index (χ1n) is 6.13. The van der Waals surface area contributed by atoms with Gasteiger partial charge in [0.15, 0.2) is 0 Å². The summed E-state index contributed by atoms with van der Waals surface area (Å²) in [7, 11) is 0. The molecule has 1 amide bonds. The van der Waals surface area contributed by atoms with E-state index in [1.54, 1.807) is 6.26 Å². The van der Waals surface area contributed by atoms with E-state index in [0.29, 0.717) is 13.0 Å². The zero-order valence-electron chi connectivity index (χ0n) is 10.1. The predicted molar refractivity (Wildman–Crippen MR) is 63.4 cm³/mol. The monoisotopic (exact) mass is 237 g/mol. The van der Waals surface area contributed by atoms with Gasteiger partial charge < -0.3 is 14.4 Å². The van der Waals surface area contributed by atoms with Crippen molar-refractivity contribution < 1.29 is 14.3 Å². The number of aryl methyl sites for hydroxylation is 1. The predicted octanol–water partition coefficient (Wildman–Crippen LogP) is 1.44. The lowest BCUT2D eigenvalue weighted by atomic mass is 10.1. The number of hydrogen-bond donors (Lipinski definition) is 1. The van der Waals surface area contributed by atoms with E-state index in [9.17, 15) is 4.79 Å². The molecule has 4 nitrogen and oxygen atoms in total. The maximum Gasteiger partial charge on any atom is 0.223 e. The molecule has 1 fully saturated rings. The lowest BCUT2D eigenvalue weighted by Crippen LogP contribution is -2.35. The molecule has 1 aliphatic rings. The molecule has 0 radical (unpaired) electrons. The maximum atomic E-state index is 11.7. The van der Waals surface area contributed by atoms with Gasteiger partial charge in [-0.05, 0) is 25.5 Å². The van der Waals surface area contributed by atoms with E-state index in [1.165, 1.54) is 0 Å². The SMILES string of the molecule is CC(CCc1ccco1)N1CC(CO)CC1=O. The maximum absolute atomic E-state index is 11.7. The fraction of sp³-hybridized carbons (Fsp3) is 0.615. The van der Waals surface area contributed by atoms with Gasteiger partial charge >= 0.3 is 0 Å². The van der Waals surface area contributed by atoms with Crippen LogP contribution < -0.4 is 0 Å². The second kappa shape index (κ2) is 5.36. The van der Waals surface area contributed by atoms with Gasteiger partial charge in [0.2, 0.25) is 5.91 Å². The van der Waals surface area contributed by atoms with Crippen molar-refractivity contribution in [3.63, 3.8) is 0 Å². The molecule has 1 saturated heterocycles. The molecular formula is C13H19NO3. The number of carbonyl (C=O) groups is 1. The van der Waals surface area contributed by atoms with Gasteiger partial charge in [-0.3, -0.25) is 4.79 Å². The minimum atomic E-state index is 0.104. The van der Waals surface area contributed by atoms with Crippen LogP contribution in [0.1, 0.15) is 25.5 Å². The van der Waals surface area contributed by atoms with E-state index in [0.717, 1.165) is 18.6 Å². The molecule has 1 aromatic rings. The molecule has 2 rings (SSSR count). The van der Waals surface area contributed by atoms with Gasteiger partial charge in [-0.15, -0.1) is 0 Å². The largest absolute Gasteiger partial charge is 0.469 e. The number of aliphatic hydroxyl groups excluding tert-OH is 1. The van der Waals surface area contributed by atoms with Crippen molar-refractivity contribution in [3.8, 4) is 0 Å². The summed E-state index contributed by atoms with van der Waals surface area (Å²) < 4.78 is 5.27. The Balaban J connectivity index is 1.83. The summed E-state index contributed by atoms with van der Waals surface area (Å²) in [5, 5.41) is 9.07. The topological polar surface area (TPSA) is 53.7 Å². The fourth-order valence-electron chi connectivity index (χ4n) is 2.32. The van der Waals surface area contributed by atoms with Crippen LogP contribution in [-0.2, 0) is 11.2 Å². The number of aliphatic hydroxyl groups is 1. The third kappa shape index (κ3) is 2.88. The zero-order valence-corrected chi connectivity index (χ0v) is 10.1. The first-order valence-corrected chi connectivity index (χ1v) is 6.13. The van der Waals surface area contributed by atoms with E-state index in [4.69, 9.17) is 9.52 Å². The molecule has 2 heterocycles. The Morgan fingerprint density at radius 1 is 1.65 bits per heavy atom. The van der Waals surface area contributed by atoms with E-state index >= 15 is 0 Å². The average molecular weight is 237 g/mol. The smallest absolute Gasteiger partial charge is 0.223 e. The average Bonchev–Trinajstić information content (AvgIpc) is 2.94. The van der Waals surface area contributed by atoms with Crippen molar-refractivity contribution in [1.29, 1.82) is 0 Å². The van der Waals surface area contributed by atoms with Crippen LogP contribution in [0.25, 0.3) is 0 Å². The van der Waals surface area contributed by atoms with Crippen molar-refractivity contribution in [2.75, 3.05) is 13.2 Å². The van der Waals surface area contributed by atoms with Crippen LogP contribution in [0.5, 0.6) is 0 Å². The van der Waals surface area contributed by atoms with E-state index in [-0.39, 0.29) is 24.5 Å². The number of carbonyl (C=O) groups excluding carboxylic acids is 1. The van der Waals surface area contributed by atoms with Crippen LogP contribution in [0.3, 0.4) is 0 Å². The Kier molecular flexibility index (Phi) is 3.84. The summed E-state index contributed by atoms with van der Waals surface area (Å²) in [5.41, 5.74) is 0. The number of hydrogen-bond acceptors (Lipinski definition) is 3. The molecule has 1 N–H and O–H groups in total. The molecule has 1 aliphatic heterocycles. The Labute approximate surface area is 101 Å². The van der Waals surface area contributed by atoms with Gasteiger partial charge in [-0.25, -0.2) is 0 Å². The van der Waals surface area contributed by atoms with Crippen LogP contribution in [-0.4, -0.2) is 35.1 Å². The number of rotatable bonds is 5. The molecule has 1 aromatic heterocycles. The quantitative estimate of drug-likeness (QED) is 0.843. The minimum absolute atomic E-state index is 0.104. The second-order valence-corrected chi connectivity index (χ2v) is 4.77. The lowest BCUT2D eigenvalue weighted by Gasteiger charge is -2.24. The highest BCUT2D eigenvalue weighted by molar-refractivity contribution is 5.78. The normalized spacial score (nSPS) is 22.1. The highest BCUT2D eigenvalue weighted by Crippen LogP contribution is 2.21. The summed E-state index contributed by atoms with van der Waals surface area (Å²) in [5.74, 6) is 1.24. The summed E-state index contributed by atoms with van der Waals surface area (Å²) in [4.78, 5) is 13.6. The van der Waals surface area contributed by atoms with Crippen molar-refractivity contribution >= 4 is 5.91 Å². The Bertz CT molecular complexity index is 361. The molecule has 94 valence electrons. The Hall–Kier alpha value is -1.29. The summed E-state index contributed by atoms with van der Waals surface area (Å²) in [6.45, 7) is 2.85. The van der Waals surface area contributed by atoms with Gasteiger partial charge in [-0.1, -0.05) is 0 Å². The molecule has 0 aliphatic carbocycles. The van der Waals surface area contributed by atoms with Gasteiger partial charge in [-0.2, -0.15) is 0 Å². The number of likely N-dealkylation sites (tertiary alicyclic amines) is 1. The number of amides is 1. The van der Waals surface area contributed by atoms with Crippen molar-refractivity contribution in [3.05, 3.63) is 24.2 Å². The van der Waals surface area contributed by atoms with Crippen molar-refractivity contribution in [2.24, 2.45) is 5.92 Å². The molecule has 0 spiro atoms. The molecule has 2 atom stereocenters. The Morgan fingerprint density at radius 2 is 2.47 bits per heavy atom. The zero-order chi connectivity index (χ0) is 12.3. The van der Waals surface area contributed by atoms with Crippen LogP contribution >= 0.6 is 0 Å².